The van der Waals surface area contributed by atoms with Crippen molar-refractivity contribution in [2.45, 2.75) is 31.8 Å². The molecule has 2 atom stereocenters. The molecule has 0 saturated carbocycles. The van der Waals surface area contributed by atoms with Gasteiger partial charge in [-0.3, -0.25) is 14.4 Å². The minimum atomic E-state index is -1.98. The average molecular weight is 290 g/mol. The molecule has 0 aromatic heterocycles. The van der Waals surface area contributed by atoms with Gasteiger partial charge in [0.2, 0.25) is 0 Å². The molecular formula is C13H24NO6+. The van der Waals surface area contributed by atoms with Crippen molar-refractivity contribution >= 4 is 17.7 Å². The van der Waals surface area contributed by atoms with Gasteiger partial charge in [0.05, 0.1) is 27.6 Å². The first kappa shape index (κ1) is 18.5. The Balaban J connectivity index is 4.98. The van der Waals surface area contributed by atoms with E-state index in [4.69, 9.17) is 10.2 Å². The Labute approximate surface area is 118 Å². The number of carboxylic acid groups (broad SMARTS) is 2. The zero-order chi connectivity index (χ0) is 16.1. The minimum absolute atomic E-state index is 0.0437. The second kappa shape index (κ2) is 6.81. The standard InChI is InChI=1S/C13H23NO6/c1-9(6-11(16)17)5-10(15)13(20,7-12(18)19)8-14(2,3)4/h9,20H,5-8H2,1-4H3,(H-,16,17,18,19)/p+1. The first-order valence-corrected chi connectivity index (χ1v) is 6.35. The van der Waals surface area contributed by atoms with Crippen LogP contribution in [0.2, 0.25) is 0 Å². The highest BCUT2D eigenvalue weighted by Crippen LogP contribution is 2.21. The van der Waals surface area contributed by atoms with Gasteiger partial charge in [-0.1, -0.05) is 6.92 Å². The quantitative estimate of drug-likeness (QED) is 0.514. The van der Waals surface area contributed by atoms with Gasteiger partial charge in [0.15, 0.2) is 11.4 Å². The second-order valence-electron chi connectivity index (χ2n) is 6.38. The number of likely N-dealkylation sites (N-methyl/N-ethyl adjacent to an activating group) is 1. The van der Waals surface area contributed by atoms with Crippen LogP contribution in [0, 0.1) is 5.92 Å². The lowest BCUT2D eigenvalue weighted by Crippen LogP contribution is -2.55. The molecule has 116 valence electrons. The Morgan fingerprint density at radius 1 is 1.05 bits per heavy atom. The Hall–Kier alpha value is -1.47. The lowest BCUT2D eigenvalue weighted by Gasteiger charge is -2.34. The molecular weight excluding hydrogens is 266 g/mol. The molecule has 0 heterocycles. The van der Waals surface area contributed by atoms with Crippen molar-refractivity contribution in [3.05, 3.63) is 0 Å². The molecule has 20 heavy (non-hydrogen) atoms. The van der Waals surface area contributed by atoms with Gasteiger partial charge < -0.3 is 19.8 Å². The van der Waals surface area contributed by atoms with Crippen molar-refractivity contribution in [1.82, 2.24) is 0 Å². The first-order chi connectivity index (χ1) is 8.85. The van der Waals surface area contributed by atoms with E-state index in [1.54, 1.807) is 28.1 Å². The van der Waals surface area contributed by atoms with Crippen molar-refractivity contribution in [3.63, 3.8) is 0 Å². The Kier molecular flexibility index (Phi) is 6.31. The van der Waals surface area contributed by atoms with Crippen LogP contribution in [0.5, 0.6) is 0 Å². The first-order valence-electron chi connectivity index (χ1n) is 6.35. The molecule has 0 fully saturated rings. The van der Waals surface area contributed by atoms with Crippen molar-refractivity contribution in [2.24, 2.45) is 5.92 Å². The number of carbonyl (C=O) groups excluding carboxylic acids is 1. The molecule has 0 aromatic carbocycles. The third-order valence-corrected chi connectivity index (χ3v) is 2.76. The van der Waals surface area contributed by atoms with Crippen molar-refractivity contribution < 1.29 is 34.2 Å². The summed E-state index contributed by atoms with van der Waals surface area (Å²) < 4.78 is 0.225. The maximum atomic E-state index is 12.2. The number of aliphatic carboxylic acids is 2. The van der Waals surface area contributed by atoms with Gasteiger partial charge in [0.25, 0.3) is 0 Å². The van der Waals surface area contributed by atoms with Gasteiger partial charge in [-0.05, 0) is 5.92 Å². The molecule has 2 unspecified atom stereocenters. The van der Waals surface area contributed by atoms with Crippen LogP contribution >= 0.6 is 0 Å². The predicted molar refractivity (Wildman–Crippen MR) is 71.1 cm³/mol. The van der Waals surface area contributed by atoms with Gasteiger partial charge >= 0.3 is 11.9 Å². The molecule has 7 nitrogen and oxygen atoms in total. The minimum Gasteiger partial charge on any atom is -0.481 e. The second-order valence-corrected chi connectivity index (χ2v) is 6.38. The molecule has 0 bridgehead atoms. The lowest BCUT2D eigenvalue weighted by atomic mass is 9.86. The zero-order valence-electron chi connectivity index (χ0n) is 12.4. The molecule has 0 aliphatic rings. The number of aliphatic hydroxyl groups is 1. The van der Waals surface area contributed by atoms with E-state index in [-0.39, 0.29) is 23.9 Å². The Morgan fingerprint density at radius 3 is 1.90 bits per heavy atom. The summed E-state index contributed by atoms with van der Waals surface area (Å²) in [7, 11) is 5.21. The van der Waals surface area contributed by atoms with Crippen LogP contribution in [-0.4, -0.2) is 70.8 Å². The highest BCUT2D eigenvalue weighted by atomic mass is 16.4. The van der Waals surface area contributed by atoms with Gasteiger partial charge in [0, 0.05) is 12.8 Å². The third kappa shape index (κ3) is 7.20. The smallest absolute Gasteiger partial charge is 0.306 e. The van der Waals surface area contributed by atoms with Crippen LogP contribution < -0.4 is 0 Å². The van der Waals surface area contributed by atoms with E-state index in [9.17, 15) is 19.5 Å². The normalized spacial score (nSPS) is 16.2. The SMILES string of the molecule is CC(CC(=O)O)CC(=O)C(O)(CC(=O)O)C[N+](C)(C)C. The molecule has 0 aliphatic carbocycles. The topological polar surface area (TPSA) is 112 Å². The number of hydrogen-bond donors (Lipinski definition) is 3. The van der Waals surface area contributed by atoms with E-state index in [0.29, 0.717) is 0 Å². The summed E-state index contributed by atoms with van der Waals surface area (Å²) in [6.07, 6.45) is -1.03. The highest BCUT2D eigenvalue weighted by molar-refractivity contribution is 5.91. The molecule has 0 rings (SSSR count). The van der Waals surface area contributed by atoms with Crippen LogP contribution in [-0.2, 0) is 14.4 Å². The van der Waals surface area contributed by atoms with Crippen LogP contribution in [0.1, 0.15) is 26.2 Å². The maximum Gasteiger partial charge on any atom is 0.306 e. The van der Waals surface area contributed by atoms with Crippen molar-refractivity contribution in [1.29, 1.82) is 0 Å². The number of carboxylic acids is 2. The van der Waals surface area contributed by atoms with Crippen molar-refractivity contribution in [2.75, 3.05) is 27.7 Å². The molecule has 0 saturated heterocycles. The summed E-state index contributed by atoms with van der Waals surface area (Å²) in [5.74, 6) is -3.37. The summed E-state index contributed by atoms with van der Waals surface area (Å²) in [5, 5.41) is 27.9. The summed E-state index contributed by atoms with van der Waals surface area (Å²) in [6.45, 7) is 1.54. The van der Waals surface area contributed by atoms with E-state index in [0.717, 1.165) is 0 Å². The average Bonchev–Trinajstić information content (AvgIpc) is 2.10. The van der Waals surface area contributed by atoms with E-state index >= 15 is 0 Å². The van der Waals surface area contributed by atoms with E-state index in [1.807, 2.05) is 0 Å². The number of quaternary nitrogens is 1. The highest BCUT2D eigenvalue weighted by Gasteiger charge is 2.43. The number of nitrogens with zero attached hydrogens (tertiary/aromatic N) is 1. The maximum absolute atomic E-state index is 12.2. The summed E-state index contributed by atoms with van der Waals surface area (Å²) in [5.41, 5.74) is -1.98. The Morgan fingerprint density at radius 2 is 1.55 bits per heavy atom. The summed E-state index contributed by atoms with van der Waals surface area (Å²) in [4.78, 5) is 33.6. The molecule has 7 heteroatoms. The summed E-state index contributed by atoms with van der Waals surface area (Å²) in [6, 6.07) is 0. The molecule has 0 aliphatic heterocycles. The zero-order valence-corrected chi connectivity index (χ0v) is 12.4. The largest absolute Gasteiger partial charge is 0.481 e. The summed E-state index contributed by atoms with van der Waals surface area (Å²) >= 11 is 0. The number of rotatable bonds is 9. The number of carbonyl (C=O) groups is 3. The fourth-order valence-corrected chi connectivity index (χ4v) is 2.15. The Bertz CT molecular complexity index is 387. The molecule has 0 amide bonds. The van der Waals surface area contributed by atoms with Gasteiger partial charge in [-0.15, -0.1) is 0 Å². The van der Waals surface area contributed by atoms with Crippen LogP contribution in [0.25, 0.3) is 0 Å². The van der Waals surface area contributed by atoms with Gasteiger partial charge in [0.1, 0.15) is 6.54 Å². The predicted octanol–water partition coefficient (Wildman–Crippen LogP) is -0.0316. The van der Waals surface area contributed by atoms with E-state index in [1.165, 1.54) is 0 Å². The van der Waals surface area contributed by atoms with Gasteiger partial charge in [-0.2, -0.15) is 0 Å². The molecule has 0 spiro atoms. The van der Waals surface area contributed by atoms with Crippen LogP contribution in [0.4, 0.5) is 0 Å². The number of ketones is 1. The molecule has 0 aromatic rings. The fourth-order valence-electron chi connectivity index (χ4n) is 2.15. The van der Waals surface area contributed by atoms with Gasteiger partial charge in [-0.25, -0.2) is 0 Å². The number of hydrogen-bond acceptors (Lipinski definition) is 4. The fraction of sp³-hybridized carbons (Fsp3) is 0.769. The monoisotopic (exact) mass is 290 g/mol. The molecule has 3 N–H and O–H groups in total. The van der Waals surface area contributed by atoms with Crippen LogP contribution in [0.3, 0.4) is 0 Å². The van der Waals surface area contributed by atoms with E-state index < -0.39 is 35.7 Å². The third-order valence-electron chi connectivity index (χ3n) is 2.76. The lowest BCUT2D eigenvalue weighted by molar-refractivity contribution is -0.875. The van der Waals surface area contributed by atoms with E-state index in [2.05, 4.69) is 0 Å². The van der Waals surface area contributed by atoms with Crippen LogP contribution in [0.15, 0.2) is 0 Å². The number of Topliss-reactive ketones (excluding diaryl/α,β-unsaturated/α-hetero) is 1. The van der Waals surface area contributed by atoms with Crippen molar-refractivity contribution in [3.8, 4) is 0 Å². The molecule has 0 radical (unpaired) electrons.